The predicted molar refractivity (Wildman–Crippen MR) is 108 cm³/mol. The Morgan fingerprint density at radius 3 is 2.32 bits per heavy atom. The van der Waals surface area contributed by atoms with Crippen molar-refractivity contribution in [3.8, 4) is 0 Å². The van der Waals surface area contributed by atoms with Crippen molar-refractivity contribution in [2.24, 2.45) is 5.41 Å². The monoisotopic (exact) mass is 407 g/mol. The SMILES string of the molecule is CC(=O)N1CCc2cc(S(=O)(=O)NC3CCN(C(=O)C(C)(C)C)CC3)ccc21. The van der Waals surface area contributed by atoms with E-state index in [9.17, 15) is 18.0 Å². The van der Waals surface area contributed by atoms with Gasteiger partial charge in [0.25, 0.3) is 0 Å². The first-order valence-electron chi connectivity index (χ1n) is 9.72. The van der Waals surface area contributed by atoms with Gasteiger partial charge in [0.1, 0.15) is 0 Å². The van der Waals surface area contributed by atoms with Gasteiger partial charge in [0.15, 0.2) is 0 Å². The first-order chi connectivity index (χ1) is 13.0. The smallest absolute Gasteiger partial charge is 0.240 e. The number of piperidine rings is 1. The lowest BCUT2D eigenvalue weighted by atomic mass is 9.93. The Labute approximate surface area is 167 Å². The number of carbonyl (C=O) groups is 2. The zero-order valence-electron chi connectivity index (χ0n) is 17.0. The zero-order chi connectivity index (χ0) is 20.7. The molecule has 2 amide bonds. The average molecular weight is 408 g/mol. The van der Waals surface area contributed by atoms with Gasteiger partial charge in [-0.25, -0.2) is 13.1 Å². The Kier molecular flexibility index (Phi) is 5.55. The van der Waals surface area contributed by atoms with Gasteiger partial charge in [-0.05, 0) is 43.0 Å². The lowest BCUT2D eigenvalue weighted by molar-refractivity contribution is -0.140. The maximum atomic E-state index is 12.8. The number of fused-ring (bicyclic) bond motifs is 1. The number of rotatable bonds is 3. The minimum Gasteiger partial charge on any atom is -0.342 e. The molecule has 0 bridgehead atoms. The Hall–Kier alpha value is -1.93. The summed E-state index contributed by atoms with van der Waals surface area (Å²) in [6.07, 6.45) is 1.86. The highest BCUT2D eigenvalue weighted by Crippen LogP contribution is 2.30. The van der Waals surface area contributed by atoms with Gasteiger partial charge in [-0.15, -0.1) is 0 Å². The van der Waals surface area contributed by atoms with Gasteiger partial charge in [0, 0.05) is 43.7 Å². The van der Waals surface area contributed by atoms with Crippen LogP contribution >= 0.6 is 0 Å². The molecule has 0 radical (unpaired) electrons. The van der Waals surface area contributed by atoms with Crippen molar-refractivity contribution >= 4 is 27.5 Å². The molecule has 2 aliphatic rings. The van der Waals surface area contributed by atoms with Crippen LogP contribution in [0.4, 0.5) is 5.69 Å². The molecular formula is C20H29N3O4S. The van der Waals surface area contributed by atoms with Crippen LogP contribution in [0.25, 0.3) is 0 Å². The van der Waals surface area contributed by atoms with Crippen molar-refractivity contribution in [2.45, 2.75) is 57.9 Å². The van der Waals surface area contributed by atoms with Gasteiger partial charge in [-0.1, -0.05) is 20.8 Å². The van der Waals surface area contributed by atoms with Gasteiger partial charge in [-0.2, -0.15) is 0 Å². The Morgan fingerprint density at radius 1 is 1.11 bits per heavy atom. The molecule has 0 saturated carbocycles. The summed E-state index contributed by atoms with van der Waals surface area (Å²) in [7, 11) is -3.64. The molecule has 8 heteroatoms. The van der Waals surface area contributed by atoms with Crippen LogP contribution in [0.15, 0.2) is 23.1 Å². The van der Waals surface area contributed by atoms with Crippen molar-refractivity contribution in [3.05, 3.63) is 23.8 Å². The van der Waals surface area contributed by atoms with Crippen LogP contribution in [0.5, 0.6) is 0 Å². The third-order valence-corrected chi connectivity index (χ3v) is 6.90. The minimum absolute atomic E-state index is 0.0379. The van der Waals surface area contributed by atoms with E-state index in [1.54, 1.807) is 23.1 Å². The van der Waals surface area contributed by atoms with Gasteiger partial charge in [0.05, 0.1) is 4.90 Å². The Balaban J connectivity index is 1.66. The van der Waals surface area contributed by atoms with E-state index in [4.69, 9.17) is 0 Å². The Bertz CT molecular complexity index is 881. The second-order valence-corrected chi connectivity index (χ2v) is 10.4. The van der Waals surface area contributed by atoms with Crippen LogP contribution in [-0.4, -0.2) is 50.8 Å². The van der Waals surface area contributed by atoms with E-state index < -0.39 is 15.4 Å². The normalized spacial score (nSPS) is 18.3. The molecule has 0 atom stereocenters. The topological polar surface area (TPSA) is 86.8 Å². The Morgan fingerprint density at radius 2 is 1.75 bits per heavy atom. The lowest BCUT2D eigenvalue weighted by Gasteiger charge is -2.35. The van der Waals surface area contributed by atoms with Gasteiger partial charge >= 0.3 is 0 Å². The van der Waals surface area contributed by atoms with Gasteiger partial charge < -0.3 is 9.80 Å². The molecule has 28 heavy (non-hydrogen) atoms. The first kappa shape index (κ1) is 20.8. The average Bonchev–Trinajstić information content (AvgIpc) is 3.04. The number of amides is 2. The quantitative estimate of drug-likeness (QED) is 0.829. The molecular weight excluding hydrogens is 378 g/mol. The third kappa shape index (κ3) is 4.22. The summed E-state index contributed by atoms with van der Waals surface area (Å²) in [4.78, 5) is 27.7. The summed E-state index contributed by atoms with van der Waals surface area (Å²) in [6.45, 7) is 8.89. The molecule has 0 spiro atoms. The van der Waals surface area contributed by atoms with E-state index in [1.165, 1.54) is 6.92 Å². The molecule has 1 saturated heterocycles. The van der Waals surface area contributed by atoms with E-state index in [0.29, 0.717) is 38.9 Å². The first-order valence-corrected chi connectivity index (χ1v) is 11.2. The maximum Gasteiger partial charge on any atom is 0.240 e. The fraction of sp³-hybridized carbons (Fsp3) is 0.600. The second-order valence-electron chi connectivity index (χ2n) is 8.65. The largest absolute Gasteiger partial charge is 0.342 e. The number of likely N-dealkylation sites (tertiary alicyclic amines) is 1. The molecule has 0 aliphatic carbocycles. The molecule has 0 unspecified atom stereocenters. The number of hydrogen-bond donors (Lipinski definition) is 1. The maximum absolute atomic E-state index is 12.8. The van der Waals surface area contributed by atoms with Gasteiger partial charge in [-0.3, -0.25) is 9.59 Å². The van der Waals surface area contributed by atoms with Crippen LogP contribution < -0.4 is 9.62 Å². The summed E-state index contributed by atoms with van der Waals surface area (Å²) in [5.74, 6) is 0.0616. The molecule has 1 aromatic rings. The summed E-state index contributed by atoms with van der Waals surface area (Å²) in [5, 5.41) is 0. The number of carbonyl (C=O) groups excluding carboxylic acids is 2. The van der Waals surface area contributed by atoms with Crippen molar-refractivity contribution in [1.29, 1.82) is 0 Å². The predicted octanol–water partition coefficient (Wildman–Crippen LogP) is 1.91. The standard InChI is InChI=1S/C20H29N3O4S/c1-14(24)23-12-7-15-13-17(5-6-18(15)23)28(26,27)21-16-8-10-22(11-9-16)19(25)20(2,3)4/h5-6,13,16,21H,7-12H2,1-4H3. The van der Waals surface area contributed by atoms with Crippen LogP contribution in [0.2, 0.25) is 0 Å². The summed E-state index contributed by atoms with van der Waals surface area (Å²) in [6, 6.07) is 4.75. The molecule has 3 rings (SSSR count). The van der Waals surface area contributed by atoms with Crippen LogP contribution in [0.1, 0.15) is 46.1 Å². The van der Waals surface area contributed by atoms with Crippen molar-refractivity contribution < 1.29 is 18.0 Å². The van der Waals surface area contributed by atoms with E-state index in [0.717, 1.165) is 11.3 Å². The highest BCUT2D eigenvalue weighted by atomic mass is 32.2. The van der Waals surface area contributed by atoms with Crippen molar-refractivity contribution in [1.82, 2.24) is 9.62 Å². The van der Waals surface area contributed by atoms with Gasteiger partial charge in [0.2, 0.25) is 21.8 Å². The molecule has 0 aromatic heterocycles. The molecule has 1 N–H and O–H groups in total. The van der Waals surface area contributed by atoms with Crippen LogP contribution in [-0.2, 0) is 26.0 Å². The molecule has 1 fully saturated rings. The lowest BCUT2D eigenvalue weighted by Crippen LogP contribution is -2.49. The highest BCUT2D eigenvalue weighted by molar-refractivity contribution is 7.89. The van der Waals surface area contributed by atoms with E-state index in [1.807, 2.05) is 25.7 Å². The molecule has 1 aromatic carbocycles. The third-order valence-electron chi connectivity index (χ3n) is 5.38. The van der Waals surface area contributed by atoms with Crippen molar-refractivity contribution in [2.75, 3.05) is 24.5 Å². The summed E-state index contributed by atoms with van der Waals surface area (Å²) >= 11 is 0. The fourth-order valence-corrected chi connectivity index (χ4v) is 5.19. The second kappa shape index (κ2) is 7.48. The minimum atomic E-state index is -3.64. The fourth-order valence-electron chi connectivity index (χ4n) is 3.83. The summed E-state index contributed by atoms with van der Waals surface area (Å²) in [5.41, 5.74) is 1.24. The molecule has 154 valence electrons. The molecule has 2 heterocycles. The van der Waals surface area contributed by atoms with Crippen LogP contribution in [0, 0.1) is 5.41 Å². The number of benzene rings is 1. The van der Waals surface area contributed by atoms with E-state index >= 15 is 0 Å². The zero-order valence-corrected chi connectivity index (χ0v) is 17.8. The van der Waals surface area contributed by atoms with E-state index in [-0.39, 0.29) is 22.8 Å². The summed E-state index contributed by atoms with van der Waals surface area (Å²) < 4.78 is 28.4. The number of anilines is 1. The number of nitrogens with one attached hydrogen (secondary N) is 1. The van der Waals surface area contributed by atoms with Crippen molar-refractivity contribution in [3.63, 3.8) is 0 Å². The number of nitrogens with zero attached hydrogens (tertiary/aromatic N) is 2. The molecule has 7 nitrogen and oxygen atoms in total. The number of sulfonamides is 1. The number of hydrogen-bond acceptors (Lipinski definition) is 4. The van der Waals surface area contributed by atoms with Crippen LogP contribution in [0.3, 0.4) is 0 Å². The van der Waals surface area contributed by atoms with E-state index in [2.05, 4.69) is 4.72 Å². The highest BCUT2D eigenvalue weighted by Gasteiger charge is 2.32. The molecule has 2 aliphatic heterocycles.